The molecule has 29 heavy (non-hydrogen) atoms. The number of ether oxygens (including phenoxy) is 1. The number of amides is 1. The predicted octanol–water partition coefficient (Wildman–Crippen LogP) is 5.54. The van der Waals surface area contributed by atoms with Crippen molar-refractivity contribution in [3.63, 3.8) is 0 Å². The van der Waals surface area contributed by atoms with Crippen molar-refractivity contribution in [2.24, 2.45) is 0 Å². The fourth-order valence-electron chi connectivity index (χ4n) is 2.99. The lowest BCUT2D eigenvalue weighted by molar-refractivity contribution is -0.111. The van der Waals surface area contributed by atoms with Crippen molar-refractivity contribution in [2.45, 2.75) is 0 Å². The number of nitrogens with zero attached hydrogens (tertiary/aromatic N) is 1. The van der Waals surface area contributed by atoms with Gasteiger partial charge < -0.3 is 15.0 Å². The maximum atomic E-state index is 12.3. The van der Waals surface area contributed by atoms with Crippen molar-refractivity contribution in [3.05, 3.63) is 83.4 Å². The molecule has 0 saturated heterocycles. The lowest BCUT2D eigenvalue weighted by atomic mass is 10.1. The maximum absolute atomic E-state index is 12.3. The van der Waals surface area contributed by atoms with Crippen molar-refractivity contribution in [1.82, 2.24) is 9.97 Å². The van der Waals surface area contributed by atoms with Crippen LogP contribution in [0.15, 0.2) is 72.8 Å². The quantitative estimate of drug-likeness (QED) is 0.430. The van der Waals surface area contributed by atoms with E-state index in [9.17, 15) is 4.79 Å². The summed E-state index contributed by atoms with van der Waals surface area (Å²) in [5.74, 6) is 1.19. The summed E-state index contributed by atoms with van der Waals surface area (Å²) in [4.78, 5) is 20.1. The van der Waals surface area contributed by atoms with E-state index in [0.717, 1.165) is 28.0 Å². The molecule has 0 spiro atoms. The van der Waals surface area contributed by atoms with Crippen LogP contribution in [0.1, 0.15) is 5.56 Å². The zero-order chi connectivity index (χ0) is 20.2. The van der Waals surface area contributed by atoms with Crippen molar-refractivity contribution >= 4 is 40.3 Å². The highest BCUT2D eigenvalue weighted by Gasteiger charge is 2.06. The Balaban J connectivity index is 1.46. The molecule has 144 valence electrons. The van der Waals surface area contributed by atoms with Gasteiger partial charge in [-0.15, -0.1) is 0 Å². The van der Waals surface area contributed by atoms with Gasteiger partial charge in [0.05, 0.1) is 18.1 Å². The number of halogens is 1. The molecule has 0 aliphatic heterocycles. The number of aromatic nitrogens is 2. The van der Waals surface area contributed by atoms with Crippen LogP contribution in [0.5, 0.6) is 5.75 Å². The molecule has 3 aromatic carbocycles. The molecule has 0 atom stereocenters. The number of H-pyrrole nitrogens is 1. The second-order valence-electron chi connectivity index (χ2n) is 6.39. The Labute approximate surface area is 173 Å². The number of methoxy groups -OCH3 is 1. The van der Waals surface area contributed by atoms with Crippen LogP contribution >= 0.6 is 11.6 Å². The first-order valence-corrected chi connectivity index (χ1v) is 9.38. The molecule has 1 heterocycles. The minimum absolute atomic E-state index is 0.247. The van der Waals surface area contributed by atoms with Crippen molar-refractivity contribution in [1.29, 1.82) is 0 Å². The minimum atomic E-state index is -0.247. The SMILES string of the molecule is COc1ccc(Cl)cc1/C=C/C(=O)Nc1ccc(-c2nc3ccccc3[nH]2)cc1. The standard InChI is InChI=1S/C23H18ClN3O2/c1-29-21-12-9-17(24)14-16(21)8-13-22(28)25-18-10-6-15(7-11-18)23-26-19-4-2-3-5-20(19)27-23/h2-14H,1H3,(H,25,28)(H,26,27)/b13-8+. The van der Waals surface area contributed by atoms with Crippen LogP contribution in [0.3, 0.4) is 0 Å². The summed E-state index contributed by atoms with van der Waals surface area (Å²) in [6.07, 6.45) is 3.12. The van der Waals surface area contributed by atoms with E-state index in [-0.39, 0.29) is 5.91 Å². The third kappa shape index (κ3) is 4.31. The number of rotatable bonds is 5. The van der Waals surface area contributed by atoms with Gasteiger partial charge in [-0.2, -0.15) is 0 Å². The number of nitrogens with one attached hydrogen (secondary N) is 2. The Morgan fingerprint density at radius 3 is 2.66 bits per heavy atom. The highest BCUT2D eigenvalue weighted by atomic mass is 35.5. The number of imidazole rings is 1. The van der Waals surface area contributed by atoms with E-state index >= 15 is 0 Å². The molecule has 4 aromatic rings. The normalized spacial score (nSPS) is 11.1. The number of para-hydroxylation sites is 2. The van der Waals surface area contributed by atoms with Gasteiger partial charge in [-0.05, 0) is 60.7 Å². The van der Waals surface area contributed by atoms with Gasteiger partial charge in [0.2, 0.25) is 5.91 Å². The molecule has 0 bridgehead atoms. The summed E-state index contributed by atoms with van der Waals surface area (Å²) in [6, 6.07) is 20.6. The van der Waals surface area contributed by atoms with Gasteiger partial charge in [0.15, 0.2) is 0 Å². The molecular weight excluding hydrogens is 386 g/mol. The number of benzene rings is 3. The molecule has 0 fully saturated rings. The van der Waals surface area contributed by atoms with Crippen molar-refractivity contribution < 1.29 is 9.53 Å². The summed E-state index contributed by atoms with van der Waals surface area (Å²) in [5, 5.41) is 3.42. The fourth-order valence-corrected chi connectivity index (χ4v) is 3.17. The Bertz CT molecular complexity index is 1160. The summed E-state index contributed by atoms with van der Waals surface area (Å²) in [7, 11) is 1.57. The highest BCUT2D eigenvalue weighted by molar-refractivity contribution is 6.30. The predicted molar refractivity (Wildman–Crippen MR) is 117 cm³/mol. The first kappa shape index (κ1) is 18.8. The third-order valence-corrected chi connectivity index (χ3v) is 4.66. The monoisotopic (exact) mass is 403 g/mol. The van der Waals surface area contributed by atoms with E-state index in [0.29, 0.717) is 16.5 Å². The van der Waals surface area contributed by atoms with Gasteiger partial charge in [0.1, 0.15) is 11.6 Å². The topological polar surface area (TPSA) is 67.0 Å². The van der Waals surface area contributed by atoms with E-state index < -0.39 is 0 Å². The smallest absolute Gasteiger partial charge is 0.248 e. The summed E-state index contributed by atoms with van der Waals surface area (Å²) in [6.45, 7) is 0. The molecule has 0 unspecified atom stereocenters. The number of fused-ring (bicyclic) bond motifs is 1. The Morgan fingerprint density at radius 2 is 1.90 bits per heavy atom. The Hall–Kier alpha value is -3.57. The van der Waals surface area contributed by atoms with Crippen LogP contribution in [0.4, 0.5) is 5.69 Å². The second-order valence-corrected chi connectivity index (χ2v) is 6.83. The molecule has 6 heteroatoms. The summed E-state index contributed by atoms with van der Waals surface area (Å²) in [5.41, 5.74) is 4.27. The lowest BCUT2D eigenvalue weighted by Gasteiger charge is -2.05. The Kier molecular flexibility index (Phi) is 5.31. The number of hydrogen-bond acceptors (Lipinski definition) is 3. The van der Waals surface area contributed by atoms with Crippen molar-refractivity contribution in [2.75, 3.05) is 12.4 Å². The van der Waals surface area contributed by atoms with E-state index in [1.54, 1.807) is 31.4 Å². The van der Waals surface area contributed by atoms with Crippen LogP contribution in [0.2, 0.25) is 5.02 Å². The molecule has 1 aromatic heterocycles. The van der Waals surface area contributed by atoms with Gasteiger partial charge in [0, 0.05) is 27.9 Å². The highest BCUT2D eigenvalue weighted by Crippen LogP contribution is 2.24. The zero-order valence-corrected chi connectivity index (χ0v) is 16.4. The summed E-state index contributed by atoms with van der Waals surface area (Å²) < 4.78 is 5.28. The van der Waals surface area contributed by atoms with Crippen LogP contribution in [0.25, 0.3) is 28.5 Å². The molecule has 5 nitrogen and oxygen atoms in total. The molecule has 1 amide bonds. The van der Waals surface area contributed by atoms with E-state index in [2.05, 4.69) is 15.3 Å². The van der Waals surface area contributed by atoms with E-state index in [1.807, 2.05) is 48.5 Å². The van der Waals surface area contributed by atoms with E-state index in [4.69, 9.17) is 16.3 Å². The Morgan fingerprint density at radius 1 is 1.10 bits per heavy atom. The number of anilines is 1. The molecule has 0 aliphatic carbocycles. The fraction of sp³-hybridized carbons (Fsp3) is 0.0435. The second kappa shape index (κ2) is 8.20. The number of hydrogen-bond donors (Lipinski definition) is 2. The molecule has 0 saturated carbocycles. The number of carbonyl (C=O) groups excluding carboxylic acids is 1. The first-order chi connectivity index (χ1) is 14.1. The largest absolute Gasteiger partial charge is 0.496 e. The molecule has 0 radical (unpaired) electrons. The molecular formula is C23H18ClN3O2. The average Bonchev–Trinajstić information content (AvgIpc) is 3.17. The zero-order valence-electron chi connectivity index (χ0n) is 15.6. The van der Waals surface area contributed by atoms with Crippen molar-refractivity contribution in [3.8, 4) is 17.1 Å². The maximum Gasteiger partial charge on any atom is 0.248 e. The summed E-state index contributed by atoms with van der Waals surface area (Å²) >= 11 is 6.01. The average molecular weight is 404 g/mol. The van der Waals surface area contributed by atoms with Gasteiger partial charge in [0.25, 0.3) is 0 Å². The molecule has 4 rings (SSSR count). The van der Waals surface area contributed by atoms with Gasteiger partial charge in [-0.3, -0.25) is 4.79 Å². The van der Waals surface area contributed by atoms with Gasteiger partial charge in [-0.25, -0.2) is 4.98 Å². The molecule has 0 aliphatic rings. The van der Waals surface area contributed by atoms with Gasteiger partial charge >= 0.3 is 0 Å². The van der Waals surface area contributed by atoms with Crippen LogP contribution in [-0.2, 0) is 4.79 Å². The van der Waals surface area contributed by atoms with Crippen LogP contribution in [0, 0.1) is 0 Å². The van der Waals surface area contributed by atoms with Crippen LogP contribution < -0.4 is 10.1 Å². The first-order valence-electron chi connectivity index (χ1n) is 9.00. The minimum Gasteiger partial charge on any atom is -0.496 e. The third-order valence-electron chi connectivity index (χ3n) is 4.42. The van der Waals surface area contributed by atoms with Crippen LogP contribution in [-0.4, -0.2) is 23.0 Å². The lowest BCUT2D eigenvalue weighted by Crippen LogP contribution is -2.07. The number of carbonyl (C=O) groups is 1. The van der Waals surface area contributed by atoms with E-state index in [1.165, 1.54) is 6.08 Å². The number of aromatic amines is 1. The van der Waals surface area contributed by atoms with Gasteiger partial charge in [-0.1, -0.05) is 23.7 Å². The molecule has 2 N–H and O–H groups in total.